The lowest BCUT2D eigenvalue weighted by molar-refractivity contribution is 0.0673. The third-order valence-corrected chi connectivity index (χ3v) is 5.19. The Morgan fingerprint density at radius 3 is 2.83 bits per heavy atom. The van der Waals surface area contributed by atoms with Crippen LogP contribution in [-0.2, 0) is 4.74 Å². The maximum atomic E-state index is 13.8. The predicted octanol–water partition coefficient (Wildman–Crippen LogP) is 2.12. The average molecular weight is 355 g/mol. The number of benzene rings is 1. The minimum atomic E-state index is -0.371. The van der Waals surface area contributed by atoms with Crippen LogP contribution in [0.25, 0.3) is 0 Å². The highest BCUT2D eigenvalue weighted by molar-refractivity contribution is 6.30. The fraction of sp³-hybridized carbons (Fsp3) is 0.588. The summed E-state index contributed by atoms with van der Waals surface area (Å²) in [5.74, 6) is 0.522. The highest BCUT2D eigenvalue weighted by Gasteiger charge is 2.33. The highest BCUT2D eigenvalue weighted by atomic mass is 35.5. The van der Waals surface area contributed by atoms with Gasteiger partial charge in [-0.15, -0.1) is 0 Å². The second kappa shape index (κ2) is 7.68. The molecule has 0 aliphatic carbocycles. The molecule has 0 saturated carbocycles. The summed E-state index contributed by atoms with van der Waals surface area (Å²) >= 11 is 5.81. The number of hydrogen-bond acceptors (Lipinski definition) is 3. The van der Waals surface area contributed by atoms with E-state index in [1.807, 2.05) is 6.07 Å². The number of morpholine rings is 1. The van der Waals surface area contributed by atoms with Crippen LogP contribution >= 0.6 is 11.6 Å². The van der Waals surface area contributed by atoms with Gasteiger partial charge in [-0.1, -0.05) is 17.7 Å². The topological polar surface area (TPSA) is 54.1 Å². The molecule has 0 aromatic heterocycles. The van der Waals surface area contributed by atoms with E-state index in [4.69, 9.17) is 22.1 Å². The molecule has 2 aliphatic heterocycles. The smallest absolute Gasteiger partial charge is 0.191 e. The first-order valence-corrected chi connectivity index (χ1v) is 8.72. The Morgan fingerprint density at radius 1 is 1.38 bits per heavy atom. The zero-order chi connectivity index (χ0) is 17.1. The summed E-state index contributed by atoms with van der Waals surface area (Å²) in [5, 5.41) is 0.158. The third kappa shape index (κ3) is 3.82. The quantitative estimate of drug-likeness (QED) is 0.667. The van der Waals surface area contributed by atoms with Crippen molar-refractivity contribution in [3.05, 3.63) is 34.6 Å². The predicted molar refractivity (Wildman–Crippen MR) is 93.8 cm³/mol. The first-order chi connectivity index (χ1) is 11.6. The molecule has 1 aromatic carbocycles. The zero-order valence-electron chi connectivity index (χ0n) is 13.9. The molecule has 0 spiro atoms. The van der Waals surface area contributed by atoms with Crippen molar-refractivity contribution in [2.45, 2.75) is 12.5 Å². The lowest BCUT2D eigenvalue weighted by Crippen LogP contribution is -2.45. The fourth-order valence-electron chi connectivity index (χ4n) is 3.54. The van der Waals surface area contributed by atoms with E-state index in [2.05, 4.69) is 21.8 Å². The molecular weight excluding hydrogens is 331 g/mol. The largest absolute Gasteiger partial charge is 0.378 e. The molecule has 2 unspecified atom stereocenters. The molecule has 2 N–H and O–H groups in total. The zero-order valence-corrected chi connectivity index (χ0v) is 14.7. The van der Waals surface area contributed by atoms with Crippen LogP contribution in [0.4, 0.5) is 4.39 Å². The van der Waals surface area contributed by atoms with E-state index in [1.165, 1.54) is 6.07 Å². The minimum Gasteiger partial charge on any atom is -0.378 e. The van der Waals surface area contributed by atoms with Crippen molar-refractivity contribution >= 4 is 17.6 Å². The van der Waals surface area contributed by atoms with Crippen molar-refractivity contribution in [3.63, 3.8) is 0 Å². The molecule has 24 heavy (non-hydrogen) atoms. The van der Waals surface area contributed by atoms with Gasteiger partial charge in [-0.3, -0.25) is 9.89 Å². The van der Waals surface area contributed by atoms with Gasteiger partial charge < -0.3 is 15.4 Å². The van der Waals surface area contributed by atoms with E-state index in [0.29, 0.717) is 31.6 Å². The van der Waals surface area contributed by atoms with Gasteiger partial charge in [-0.2, -0.15) is 0 Å². The molecule has 2 atom stereocenters. The molecule has 0 radical (unpaired) electrons. The summed E-state index contributed by atoms with van der Waals surface area (Å²) in [6, 6.07) is 5.20. The Hall–Kier alpha value is -1.37. The number of guanidine groups is 1. The minimum absolute atomic E-state index is 0.137. The number of hydrogen-bond donors (Lipinski definition) is 1. The van der Waals surface area contributed by atoms with Crippen molar-refractivity contribution in [2.75, 3.05) is 46.4 Å². The molecule has 3 rings (SSSR count). The Kier molecular flexibility index (Phi) is 5.58. The number of nitrogens with zero attached hydrogens (tertiary/aromatic N) is 3. The Labute approximate surface area is 147 Å². The van der Waals surface area contributed by atoms with E-state index in [1.54, 1.807) is 6.07 Å². The SMILES string of the molecule is CN1CCC(CN=C(N)N2CCOCC2)C1c1ccc(Cl)c(F)c1. The number of likely N-dealkylation sites (tertiary alicyclic amines) is 1. The lowest BCUT2D eigenvalue weighted by atomic mass is 9.94. The van der Waals surface area contributed by atoms with Crippen LogP contribution in [0.2, 0.25) is 5.02 Å². The van der Waals surface area contributed by atoms with E-state index >= 15 is 0 Å². The number of ether oxygens (including phenoxy) is 1. The van der Waals surface area contributed by atoms with E-state index in [0.717, 1.165) is 31.6 Å². The second-order valence-corrected chi connectivity index (χ2v) is 6.85. The van der Waals surface area contributed by atoms with Gasteiger partial charge in [0.1, 0.15) is 5.82 Å². The first-order valence-electron chi connectivity index (χ1n) is 8.34. The average Bonchev–Trinajstić information content (AvgIpc) is 2.96. The Bertz CT molecular complexity index is 606. The van der Waals surface area contributed by atoms with Gasteiger partial charge in [0.2, 0.25) is 0 Å². The van der Waals surface area contributed by atoms with Gasteiger partial charge in [0, 0.05) is 25.7 Å². The summed E-state index contributed by atoms with van der Waals surface area (Å²) in [6.45, 7) is 4.55. The molecular formula is C17H24ClFN4O. The molecule has 2 fully saturated rings. The van der Waals surface area contributed by atoms with E-state index in [9.17, 15) is 4.39 Å². The number of rotatable bonds is 3. The van der Waals surface area contributed by atoms with Gasteiger partial charge in [0.05, 0.1) is 18.2 Å². The van der Waals surface area contributed by atoms with Crippen molar-refractivity contribution < 1.29 is 9.13 Å². The maximum Gasteiger partial charge on any atom is 0.191 e. The third-order valence-electron chi connectivity index (χ3n) is 4.88. The van der Waals surface area contributed by atoms with Gasteiger partial charge in [-0.05, 0) is 43.6 Å². The van der Waals surface area contributed by atoms with Gasteiger partial charge in [0.15, 0.2) is 5.96 Å². The molecule has 132 valence electrons. The van der Waals surface area contributed by atoms with Crippen LogP contribution in [0.5, 0.6) is 0 Å². The van der Waals surface area contributed by atoms with Crippen molar-refractivity contribution in [3.8, 4) is 0 Å². The summed E-state index contributed by atoms with van der Waals surface area (Å²) in [6.07, 6.45) is 1.02. The van der Waals surface area contributed by atoms with Crippen molar-refractivity contribution in [1.29, 1.82) is 0 Å². The first kappa shape index (κ1) is 17.5. The van der Waals surface area contributed by atoms with E-state index in [-0.39, 0.29) is 16.9 Å². The molecule has 7 heteroatoms. The van der Waals surface area contributed by atoms with E-state index < -0.39 is 0 Å². The van der Waals surface area contributed by atoms with Crippen LogP contribution in [-0.4, -0.2) is 62.2 Å². The summed E-state index contributed by atoms with van der Waals surface area (Å²) in [7, 11) is 2.06. The van der Waals surface area contributed by atoms with Crippen LogP contribution in [0.1, 0.15) is 18.0 Å². The van der Waals surface area contributed by atoms with Gasteiger partial charge >= 0.3 is 0 Å². The Morgan fingerprint density at radius 2 is 2.12 bits per heavy atom. The number of nitrogens with two attached hydrogens (primary N) is 1. The van der Waals surface area contributed by atoms with Crippen molar-refractivity contribution in [1.82, 2.24) is 9.80 Å². The van der Waals surface area contributed by atoms with Crippen LogP contribution in [0.15, 0.2) is 23.2 Å². The monoisotopic (exact) mass is 354 g/mol. The molecule has 0 amide bonds. The summed E-state index contributed by atoms with van der Waals surface area (Å²) in [5.41, 5.74) is 7.06. The standard InChI is InChI=1S/C17H24ClFN4O/c1-22-5-4-13(11-21-17(20)23-6-8-24-9-7-23)16(22)12-2-3-14(18)15(19)10-12/h2-3,10,13,16H,4-9,11H2,1H3,(H2,20,21). The molecule has 2 aliphatic rings. The number of aliphatic imine (C=N–C) groups is 1. The fourth-order valence-corrected chi connectivity index (χ4v) is 3.66. The normalized spacial score (nSPS) is 26.1. The van der Waals surface area contributed by atoms with Gasteiger partial charge in [-0.25, -0.2) is 4.39 Å². The highest BCUT2D eigenvalue weighted by Crippen LogP contribution is 2.37. The Balaban J connectivity index is 1.70. The molecule has 5 nitrogen and oxygen atoms in total. The summed E-state index contributed by atoms with van der Waals surface area (Å²) in [4.78, 5) is 8.90. The van der Waals surface area contributed by atoms with Gasteiger partial charge in [0.25, 0.3) is 0 Å². The molecule has 1 aromatic rings. The molecule has 0 bridgehead atoms. The molecule has 2 heterocycles. The number of halogens is 2. The van der Waals surface area contributed by atoms with Crippen LogP contribution in [0.3, 0.4) is 0 Å². The summed E-state index contributed by atoms with van der Waals surface area (Å²) < 4.78 is 19.2. The van der Waals surface area contributed by atoms with Crippen LogP contribution < -0.4 is 5.73 Å². The second-order valence-electron chi connectivity index (χ2n) is 6.45. The maximum absolute atomic E-state index is 13.8. The van der Waals surface area contributed by atoms with Crippen molar-refractivity contribution in [2.24, 2.45) is 16.6 Å². The lowest BCUT2D eigenvalue weighted by Gasteiger charge is -2.28. The molecule has 2 saturated heterocycles. The van der Waals surface area contributed by atoms with Crippen LogP contribution in [0, 0.1) is 11.7 Å².